The van der Waals surface area contributed by atoms with E-state index in [9.17, 15) is 4.79 Å². The number of halogens is 1. The Labute approximate surface area is 118 Å². The minimum Gasteiger partial charge on any atom is -0.480 e. The van der Waals surface area contributed by atoms with Crippen molar-refractivity contribution in [1.29, 1.82) is 0 Å². The second kappa shape index (κ2) is 5.92. The molecule has 1 fully saturated rings. The van der Waals surface area contributed by atoms with Crippen molar-refractivity contribution in [2.45, 2.75) is 32.7 Å². The lowest BCUT2D eigenvalue weighted by Crippen LogP contribution is -2.32. The van der Waals surface area contributed by atoms with Crippen LogP contribution in [0.3, 0.4) is 0 Å². The molecule has 19 heavy (non-hydrogen) atoms. The predicted octanol–water partition coefficient (Wildman–Crippen LogP) is 1.93. The van der Waals surface area contributed by atoms with Gasteiger partial charge in [-0.3, -0.25) is 14.4 Å². The van der Waals surface area contributed by atoms with Gasteiger partial charge in [-0.2, -0.15) is 5.10 Å². The molecule has 0 unspecified atom stereocenters. The van der Waals surface area contributed by atoms with E-state index < -0.39 is 5.97 Å². The molecule has 1 saturated carbocycles. The van der Waals surface area contributed by atoms with Gasteiger partial charge in [0.15, 0.2) is 0 Å². The smallest absolute Gasteiger partial charge is 0.317 e. The van der Waals surface area contributed by atoms with Crippen LogP contribution in [0.5, 0.6) is 0 Å². The van der Waals surface area contributed by atoms with Gasteiger partial charge in [-0.05, 0) is 25.2 Å². The summed E-state index contributed by atoms with van der Waals surface area (Å²) in [6, 6.07) is 0. The van der Waals surface area contributed by atoms with Crippen molar-refractivity contribution >= 4 is 17.6 Å². The molecule has 0 spiro atoms. The molecule has 1 aromatic heterocycles. The molecule has 1 aromatic rings. The van der Waals surface area contributed by atoms with E-state index in [1.807, 2.05) is 18.9 Å². The van der Waals surface area contributed by atoms with E-state index in [0.717, 1.165) is 24.4 Å². The van der Waals surface area contributed by atoms with E-state index in [2.05, 4.69) is 5.10 Å². The van der Waals surface area contributed by atoms with Gasteiger partial charge < -0.3 is 5.11 Å². The zero-order valence-electron chi connectivity index (χ0n) is 11.4. The average Bonchev–Trinajstić information content (AvgIpc) is 3.10. The van der Waals surface area contributed by atoms with Gasteiger partial charge in [0.1, 0.15) is 0 Å². The molecule has 0 aromatic carbocycles. The topological polar surface area (TPSA) is 58.4 Å². The summed E-state index contributed by atoms with van der Waals surface area (Å²) in [6.07, 6.45) is 3.19. The van der Waals surface area contributed by atoms with Crippen molar-refractivity contribution in [1.82, 2.24) is 14.7 Å². The number of carboxylic acids is 1. The Morgan fingerprint density at radius 3 is 2.74 bits per heavy atom. The maximum absolute atomic E-state index is 10.9. The molecule has 0 radical (unpaired) electrons. The molecule has 0 bridgehead atoms. The molecular weight excluding hydrogens is 266 g/mol. The zero-order chi connectivity index (χ0) is 14.0. The second-order valence-corrected chi connectivity index (χ2v) is 5.57. The van der Waals surface area contributed by atoms with Crippen molar-refractivity contribution in [3.05, 3.63) is 16.4 Å². The molecule has 1 heterocycles. The fourth-order valence-corrected chi connectivity index (χ4v) is 2.60. The number of aryl methyl sites for hydroxylation is 2. The number of aromatic nitrogens is 2. The Kier molecular flexibility index (Phi) is 4.47. The molecule has 106 valence electrons. The first-order chi connectivity index (χ1) is 9.01. The molecule has 0 atom stereocenters. The van der Waals surface area contributed by atoms with Crippen molar-refractivity contribution in [3.63, 3.8) is 0 Å². The first-order valence-electron chi connectivity index (χ1n) is 6.65. The predicted molar refractivity (Wildman–Crippen MR) is 73.2 cm³/mol. The van der Waals surface area contributed by atoms with Gasteiger partial charge in [0.2, 0.25) is 0 Å². The molecule has 1 aliphatic carbocycles. The van der Waals surface area contributed by atoms with Crippen molar-refractivity contribution in [2.75, 3.05) is 13.1 Å². The number of carboxylic acid groups (broad SMARTS) is 1. The van der Waals surface area contributed by atoms with Crippen LogP contribution >= 0.6 is 11.6 Å². The van der Waals surface area contributed by atoms with Gasteiger partial charge in [-0.25, -0.2) is 0 Å². The van der Waals surface area contributed by atoms with Gasteiger partial charge in [0.25, 0.3) is 0 Å². The first kappa shape index (κ1) is 14.3. The van der Waals surface area contributed by atoms with Crippen LogP contribution in [0.15, 0.2) is 0 Å². The lowest BCUT2D eigenvalue weighted by Gasteiger charge is -2.20. The Balaban J connectivity index is 2.10. The summed E-state index contributed by atoms with van der Waals surface area (Å²) in [5.74, 6) is -0.147. The maximum atomic E-state index is 10.9. The summed E-state index contributed by atoms with van der Waals surface area (Å²) in [5, 5.41) is 14.0. The molecule has 0 saturated heterocycles. The summed E-state index contributed by atoms with van der Waals surface area (Å²) in [6.45, 7) is 3.44. The van der Waals surface area contributed by atoms with Crippen LogP contribution in [0.2, 0.25) is 5.02 Å². The Morgan fingerprint density at radius 2 is 2.26 bits per heavy atom. The third kappa shape index (κ3) is 3.70. The molecule has 0 aliphatic heterocycles. The van der Waals surface area contributed by atoms with Crippen LogP contribution in [0.4, 0.5) is 0 Å². The minimum absolute atomic E-state index is 0.0550. The largest absolute Gasteiger partial charge is 0.480 e. The minimum atomic E-state index is -0.797. The summed E-state index contributed by atoms with van der Waals surface area (Å²) < 4.78 is 1.77. The zero-order valence-corrected chi connectivity index (χ0v) is 12.2. The van der Waals surface area contributed by atoms with Gasteiger partial charge in [0.05, 0.1) is 23.0 Å². The second-order valence-electron chi connectivity index (χ2n) is 5.19. The molecule has 5 nitrogen and oxygen atoms in total. The van der Waals surface area contributed by atoms with Gasteiger partial charge in [-0.15, -0.1) is 0 Å². The lowest BCUT2D eigenvalue weighted by atomic mass is 10.2. The Bertz CT molecular complexity index is 469. The molecule has 6 heteroatoms. The van der Waals surface area contributed by atoms with Gasteiger partial charge >= 0.3 is 5.97 Å². The van der Waals surface area contributed by atoms with Crippen LogP contribution in [0.1, 0.15) is 31.2 Å². The molecular formula is C13H20ClN3O2. The summed E-state index contributed by atoms with van der Waals surface area (Å²) >= 11 is 6.31. The standard InChI is InChI=1S/C13H20ClN3O2/c1-3-10-13(14)11(16(2)15-10)7-17(8-12(18)19)6-9-4-5-9/h9H,3-8H2,1-2H3,(H,18,19). The molecule has 0 amide bonds. The fraction of sp³-hybridized carbons (Fsp3) is 0.692. The highest BCUT2D eigenvalue weighted by atomic mass is 35.5. The summed E-state index contributed by atoms with van der Waals surface area (Å²) in [7, 11) is 1.86. The number of aliphatic carboxylic acids is 1. The highest BCUT2D eigenvalue weighted by Crippen LogP contribution is 2.31. The number of nitrogens with zero attached hydrogens (tertiary/aromatic N) is 3. The number of carbonyl (C=O) groups is 1. The molecule has 2 rings (SSSR count). The Hall–Kier alpha value is -1.07. The van der Waals surface area contributed by atoms with Crippen LogP contribution in [0.25, 0.3) is 0 Å². The molecule has 1 N–H and O–H groups in total. The van der Waals surface area contributed by atoms with Crippen LogP contribution in [-0.4, -0.2) is 38.8 Å². The third-order valence-electron chi connectivity index (χ3n) is 3.45. The monoisotopic (exact) mass is 285 g/mol. The highest BCUT2D eigenvalue weighted by molar-refractivity contribution is 6.31. The highest BCUT2D eigenvalue weighted by Gasteiger charge is 2.26. The van der Waals surface area contributed by atoms with Crippen LogP contribution in [-0.2, 0) is 24.8 Å². The summed E-state index contributed by atoms with van der Waals surface area (Å²) in [4.78, 5) is 12.9. The van der Waals surface area contributed by atoms with Gasteiger partial charge in [0, 0.05) is 20.1 Å². The summed E-state index contributed by atoms with van der Waals surface area (Å²) in [5.41, 5.74) is 1.78. The SMILES string of the molecule is CCc1nn(C)c(CN(CC(=O)O)CC2CC2)c1Cl. The van der Waals surface area contributed by atoms with E-state index in [1.165, 1.54) is 12.8 Å². The number of hydrogen-bond acceptors (Lipinski definition) is 3. The Morgan fingerprint density at radius 1 is 1.58 bits per heavy atom. The van der Waals surface area contributed by atoms with Crippen LogP contribution in [0, 0.1) is 5.92 Å². The lowest BCUT2D eigenvalue weighted by molar-refractivity contribution is -0.138. The number of rotatable bonds is 7. The van der Waals surface area contributed by atoms with E-state index >= 15 is 0 Å². The normalized spacial score (nSPS) is 15.2. The van der Waals surface area contributed by atoms with E-state index in [1.54, 1.807) is 4.68 Å². The van der Waals surface area contributed by atoms with E-state index in [4.69, 9.17) is 16.7 Å². The first-order valence-corrected chi connectivity index (χ1v) is 7.03. The third-order valence-corrected chi connectivity index (χ3v) is 3.88. The van der Waals surface area contributed by atoms with E-state index in [0.29, 0.717) is 17.5 Å². The average molecular weight is 286 g/mol. The van der Waals surface area contributed by atoms with Crippen molar-refractivity contribution in [3.8, 4) is 0 Å². The van der Waals surface area contributed by atoms with Crippen molar-refractivity contribution in [2.24, 2.45) is 13.0 Å². The van der Waals surface area contributed by atoms with Crippen LogP contribution < -0.4 is 0 Å². The van der Waals surface area contributed by atoms with Gasteiger partial charge in [-0.1, -0.05) is 18.5 Å². The quantitative estimate of drug-likeness (QED) is 0.832. The maximum Gasteiger partial charge on any atom is 0.317 e. The molecule has 1 aliphatic rings. The van der Waals surface area contributed by atoms with Crippen molar-refractivity contribution < 1.29 is 9.90 Å². The fourth-order valence-electron chi connectivity index (χ4n) is 2.25. The van der Waals surface area contributed by atoms with E-state index in [-0.39, 0.29) is 6.54 Å². The number of hydrogen-bond donors (Lipinski definition) is 1.